The standard InChI is InChI=1S/C13H23N3O2/c1-13(2,3)10(14)8-12-15-11(16-18-12)7-9-5-4-6-17-9/h9-10H,4-8,14H2,1-3H3. The number of nitrogens with two attached hydrogens (primary N) is 1. The average Bonchev–Trinajstić information content (AvgIpc) is 2.89. The van der Waals surface area contributed by atoms with Crippen LogP contribution in [0.3, 0.4) is 0 Å². The molecule has 2 unspecified atom stereocenters. The fourth-order valence-corrected chi connectivity index (χ4v) is 1.96. The van der Waals surface area contributed by atoms with Gasteiger partial charge in [-0.25, -0.2) is 0 Å². The van der Waals surface area contributed by atoms with E-state index in [-0.39, 0.29) is 17.6 Å². The van der Waals surface area contributed by atoms with Gasteiger partial charge < -0.3 is 15.0 Å². The highest BCUT2D eigenvalue weighted by molar-refractivity contribution is 4.93. The van der Waals surface area contributed by atoms with Crippen molar-refractivity contribution in [3.63, 3.8) is 0 Å². The average molecular weight is 253 g/mol. The van der Waals surface area contributed by atoms with E-state index in [1.54, 1.807) is 0 Å². The van der Waals surface area contributed by atoms with Gasteiger partial charge in [0.05, 0.1) is 6.10 Å². The summed E-state index contributed by atoms with van der Waals surface area (Å²) in [5.74, 6) is 1.36. The smallest absolute Gasteiger partial charge is 0.228 e. The zero-order valence-corrected chi connectivity index (χ0v) is 11.5. The molecule has 2 atom stereocenters. The van der Waals surface area contributed by atoms with Gasteiger partial charge in [-0.15, -0.1) is 0 Å². The first-order valence-corrected chi connectivity index (χ1v) is 6.64. The molecule has 1 aliphatic rings. The zero-order chi connectivity index (χ0) is 13.2. The Hall–Kier alpha value is -0.940. The Morgan fingerprint density at radius 2 is 2.22 bits per heavy atom. The molecule has 0 aliphatic carbocycles. The predicted molar refractivity (Wildman–Crippen MR) is 68.1 cm³/mol. The molecular formula is C13H23N3O2. The third-order valence-electron chi connectivity index (χ3n) is 3.45. The lowest BCUT2D eigenvalue weighted by atomic mass is 9.85. The largest absolute Gasteiger partial charge is 0.378 e. The molecule has 1 fully saturated rings. The van der Waals surface area contributed by atoms with Crippen molar-refractivity contribution < 1.29 is 9.26 Å². The molecule has 102 valence electrons. The van der Waals surface area contributed by atoms with Crippen LogP contribution in [0.4, 0.5) is 0 Å². The first-order valence-electron chi connectivity index (χ1n) is 6.64. The third kappa shape index (κ3) is 3.53. The van der Waals surface area contributed by atoms with Gasteiger partial charge >= 0.3 is 0 Å². The Kier molecular flexibility index (Phi) is 4.02. The molecule has 5 nitrogen and oxygen atoms in total. The van der Waals surface area contributed by atoms with E-state index in [4.69, 9.17) is 15.0 Å². The van der Waals surface area contributed by atoms with Crippen molar-refractivity contribution >= 4 is 0 Å². The molecule has 1 aromatic rings. The molecule has 0 amide bonds. The molecule has 2 heterocycles. The van der Waals surface area contributed by atoms with Crippen LogP contribution in [0.1, 0.15) is 45.3 Å². The molecule has 5 heteroatoms. The van der Waals surface area contributed by atoms with Crippen LogP contribution in [0.2, 0.25) is 0 Å². The molecule has 2 rings (SSSR count). The minimum absolute atomic E-state index is 0.0218. The lowest BCUT2D eigenvalue weighted by molar-refractivity contribution is 0.109. The van der Waals surface area contributed by atoms with Crippen LogP contribution in [-0.2, 0) is 17.6 Å². The molecule has 2 N–H and O–H groups in total. The minimum Gasteiger partial charge on any atom is -0.378 e. The molecule has 0 spiro atoms. The van der Waals surface area contributed by atoms with Gasteiger partial charge in [0.2, 0.25) is 5.89 Å². The van der Waals surface area contributed by atoms with Crippen molar-refractivity contribution in [3.05, 3.63) is 11.7 Å². The van der Waals surface area contributed by atoms with Crippen molar-refractivity contribution in [2.45, 2.75) is 58.6 Å². The molecule has 0 radical (unpaired) electrons. The lowest BCUT2D eigenvalue weighted by Gasteiger charge is -2.25. The Morgan fingerprint density at radius 3 is 2.83 bits per heavy atom. The number of aromatic nitrogens is 2. The maximum Gasteiger partial charge on any atom is 0.228 e. The van der Waals surface area contributed by atoms with Crippen LogP contribution in [0.5, 0.6) is 0 Å². The van der Waals surface area contributed by atoms with E-state index < -0.39 is 0 Å². The normalized spacial score (nSPS) is 22.3. The number of rotatable bonds is 4. The van der Waals surface area contributed by atoms with Gasteiger partial charge in [0.1, 0.15) is 0 Å². The summed E-state index contributed by atoms with van der Waals surface area (Å²) in [6.07, 6.45) is 3.85. The van der Waals surface area contributed by atoms with Gasteiger partial charge in [-0.2, -0.15) is 4.98 Å². The SMILES string of the molecule is CC(C)(C)C(N)Cc1nc(CC2CCCO2)no1. The Labute approximate surface area is 108 Å². The highest BCUT2D eigenvalue weighted by Gasteiger charge is 2.24. The van der Waals surface area contributed by atoms with E-state index in [2.05, 4.69) is 30.9 Å². The van der Waals surface area contributed by atoms with Gasteiger partial charge in [-0.1, -0.05) is 25.9 Å². The number of hydrogen-bond donors (Lipinski definition) is 1. The fraction of sp³-hybridized carbons (Fsp3) is 0.846. The van der Waals surface area contributed by atoms with E-state index in [1.807, 2.05) is 0 Å². The van der Waals surface area contributed by atoms with Crippen molar-refractivity contribution in [1.82, 2.24) is 10.1 Å². The summed E-state index contributed by atoms with van der Waals surface area (Å²) >= 11 is 0. The fourth-order valence-electron chi connectivity index (χ4n) is 1.96. The number of ether oxygens (including phenoxy) is 1. The summed E-state index contributed by atoms with van der Waals surface area (Å²) in [7, 11) is 0. The zero-order valence-electron chi connectivity index (χ0n) is 11.5. The summed E-state index contributed by atoms with van der Waals surface area (Å²) in [4.78, 5) is 4.39. The second-order valence-corrected chi connectivity index (χ2v) is 6.12. The second-order valence-electron chi connectivity index (χ2n) is 6.12. The molecule has 0 bridgehead atoms. The Bertz CT molecular complexity index is 378. The Morgan fingerprint density at radius 1 is 1.44 bits per heavy atom. The molecular weight excluding hydrogens is 230 g/mol. The van der Waals surface area contributed by atoms with Gasteiger partial charge in [-0.05, 0) is 18.3 Å². The van der Waals surface area contributed by atoms with Gasteiger partial charge in [0, 0.05) is 25.5 Å². The molecule has 1 saturated heterocycles. The molecule has 1 aliphatic heterocycles. The van der Waals surface area contributed by atoms with Crippen LogP contribution in [0.25, 0.3) is 0 Å². The summed E-state index contributed by atoms with van der Waals surface area (Å²) in [6, 6.07) is 0.0218. The van der Waals surface area contributed by atoms with E-state index in [1.165, 1.54) is 0 Å². The van der Waals surface area contributed by atoms with Crippen LogP contribution < -0.4 is 5.73 Å². The van der Waals surface area contributed by atoms with Gasteiger partial charge in [0.25, 0.3) is 0 Å². The maximum atomic E-state index is 6.10. The van der Waals surface area contributed by atoms with E-state index in [9.17, 15) is 0 Å². The topological polar surface area (TPSA) is 74.2 Å². The highest BCUT2D eigenvalue weighted by atomic mass is 16.5. The number of hydrogen-bond acceptors (Lipinski definition) is 5. The maximum absolute atomic E-state index is 6.10. The summed E-state index contributed by atoms with van der Waals surface area (Å²) in [6.45, 7) is 7.19. The molecule has 0 aromatic carbocycles. The highest BCUT2D eigenvalue weighted by Crippen LogP contribution is 2.21. The third-order valence-corrected chi connectivity index (χ3v) is 3.45. The first-order chi connectivity index (χ1) is 8.45. The summed E-state index contributed by atoms with van der Waals surface area (Å²) in [5.41, 5.74) is 6.15. The quantitative estimate of drug-likeness (QED) is 0.884. The van der Waals surface area contributed by atoms with Crippen LogP contribution >= 0.6 is 0 Å². The van der Waals surface area contributed by atoms with Gasteiger partial charge in [-0.3, -0.25) is 0 Å². The van der Waals surface area contributed by atoms with Crippen LogP contribution in [0.15, 0.2) is 4.52 Å². The predicted octanol–water partition coefficient (Wildman–Crippen LogP) is 1.71. The molecule has 0 saturated carbocycles. The molecule has 1 aromatic heterocycles. The van der Waals surface area contributed by atoms with E-state index >= 15 is 0 Å². The lowest BCUT2D eigenvalue weighted by Crippen LogP contribution is -2.37. The first kappa shape index (κ1) is 13.5. The number of nitrogens with zero attached hydrogens (tertiary/aromatic N) is 2. The minimum atomic E-state index is 0.0218. The van der Waals surface area contributed by atoms with Gasteiger partial charge in [0.15, 0.2) is 5.82 Å². The van der Waals surface area contributed by atoms with E-state index in [0.29, 0.717) is 12.3 Å². The van der Waals surface area contributed by atoms with Crippen molar-refractivity contribution in [2.75, 3.05) is 6.61 Å². The van der Waals surface area contributed by atoms with Crippen LogP contribution in [0, 0.1) is 5.41 Å². The summed E-state index contributed by atoms with van der Waals surface area (Å²) < 4.78 is 10.8. The van der Waals surface area contributed by atoms with Crippen molar-refractivity contribution in [2.24, 2.45) is 11.1 Å². The van der Waals surface area contributed by atoms with E-state index in [0.717, 1.165) is 31.7 Å². The second kappa shape index (κ2) is 5.36. The van der Waals surface area contributed by atoms with Crippen molar-refractivity contribution in [3.8, 4) is 0 Å². The molecule has 18 heavy (non-hydrogen) atoms. The Balaban J connectivity index is 1.89. The van der Waals surface area contributed by atoms with Crippen molar-refractivity contribution in [1.29, 1.82) is 0 Å². The van der Waals surface area contributed by atoms with Crippen LogP contribution in [-0.4, -0.2) is 28.9 Å². The summed E-state index contributed by atoms with van der Waals surface area (Å²) in [5, 5.41) is 3.99. The monoisotopic (exact) mass is 253 g/mol.